The number of carbonyl (C=O) groups is 3. The molecule has 1 saturated heterocycles. The molecule has 2 bridgehead atoms. The Morgan fingerprint density at radius 2 is 1.89 bits per heavy atom. The topological polar surface area (TPSA) is 78.5 Å². The predicted molar refractivity (Wildman–Crippen MR) is 99.6 cm³/mol. The third-order valence-electron chi connectivity index (χ3n) is 6.92. The largest absolute Gasteiger partial charge is 0.385 e. The van der Waals surface area contributed by atoms with Crippen LogP contribution in [0.2, 0.25) is 0 Å². The molecule has 2 N–H and O–H groups in total. The van der Waals surface area contributed by atoms with Gasteiger partial charge in [-0.1, -0.05) is 12.1 Å². The first-order valence-electron chi connectivity index (χ1n) is 10.1. The second-order valence-electron chi connectivity index (χ2n) is 8.45. The van der Waals surface area contributed by atoms with Gasteiger partial charge in [-0.3, -0.25) is 19.3 Å². The van der Waals surface area contributed by atoms with Crippen LogP contribution in [0.3, 0.4) is 0 Å². The van der Waals surface area contributed by atoms with Crippen LogP contribution in [0.4, 0.5) is 5.69 Å². The average molecular weight is 367 g/mol. The first-order chi connectivity index (χ1) is 13.1. The first kappa shape index (κ1) is 16.8. The number of likely N-dealkylation sites (tertiary alicyclic amines) is 1. The van der Waals surface area contributed by atoms with Crippen LogP contribution in [0, 0.1) is 23.7 Å². The number of nitrogens with one attached hydrogen (secondary N) is 2. The highest BCUT2D eigenvalue weighted by atomic mass is 16.2. The lowest BCUT2D eigenvalue weighted by atomic mass is 9.81. The van der Waals surface area contributed by atoms with Crippen molar-refractivity contribution in [1.29, 1.82) is 0 Å². The number of rotatable bonds is 4. The molecule has 5 rings (SSSR count). The van der Waals surface area contributed by atoms with E-state index in [0.29, 0.717) is 18.4 Å². The van der Waals surface area contributed by atoms with Crippen LogP contribution in [0.5, 0.6) is 0 Å². The summed E-state index contributed by atoms with van der Waals surface area (Å²) in [7, 11) is 0. The van der Waals surface area contributed by atoms with E-state index < -0.39 is 0 Å². The Morgan fingerprint density at radius 1 is 1.15 bits per heavy atom. The third kappa shape index (κ3) is 2.73. The van der Waals surface area contributed by atoms with Crippen molar-refractivity contribution in [3.63, 3.8) is 0 Å². The molecule has 2 saturated carbocycles. The smallest absolute Gasteiger partial charge is 0.240 e. The van der Waals surface area contributed by atoms with Crippen LogP contribution in [0.1, 0.15) is 36.8 Å². The molecular formula is C21H25N3O3. The van der Waals surface area contributed by atoms with Crippen LogP contribution < -0.4 is 10.6 Å². The summed E-state index contributed by atoms with van der Waals surface area (Å²) in [4.78, 5) is 38.9. The van der Waals surface area contributed by atoms with Crippen molar-refractivity contribution in [2.45, 2.75) is 38.6 Å². The fraction of sp³-hybridized carbons (Fsp3) is 0.571. The number of imide groups is 1. The average Bonchev–Trinajstić information content (AvgIpc) is 3.36. The maximum Gasteiger partial charge on any atom is 0.240 e. The van der Waals surface area contributed by atoms with E-state index in [1.54, 1.807) is 0 Å². The second-order valence-corrected chi connectivity index (χ2v) is 8.45. The molecule has 4 aliphatic rings. The predicted octanol–water partition coefficient (Wildman–Crippen LogP) is 1.69. The molecule has 3 amide bonds. The summed E-state index contributed by atoms with van der Waals surface area (Å²) in [5.74, 6) is -0.101. The van der Waals surface area contributed by atoms with Gasteiger partial charge in [0, 0.05) is 18.8 Å². The zero-order valence-electron chi connectivity index (χ0n) is 15.4. The highest BCUT2D eigenvalue weighted by Gasteiger charge is 2.60. The van der Waals surface area contributed by atoms with Crippen LogP contribution in [0.15, 0.2) is 18.2 Å². The number of hydrogen-bond donors (Lipinski definition) is 2. The maximum atomic E-state index is 12.7. The maximum absolute atomic E-state index is 12.7. The molecule has 0 spiro atoms. The van der Waals surface area contributed by atoms with Gasteiger partial charge < -0.3 is 10.6 Å². The summed E-state index contributed by atoms with van der Waals surface area (Å²) in [5.41, 5.74) is 3.49. The van der Waals surface area contributed by atoms with E-state index >= 15 is 0 Å². The Labute approximate surface area is 158 Å². The number of amides is 3. The van der Waals surface area contributed by atoms with Gasteiger partial charge in [0.2, 0.25) is 17.7 Å². The number of fused-ring (bicyclic) bond motifs is 6. The van der Waals surface area contributed by atoms with E-state index in [1.807, 2.05) is 6.07 Å². The van der Waals surface area contributed by atoms with Gasteiger partial charge in [0.15, 0.2) is 0 Å². The summed E-state index contributed by atoms with van der Waals surface area (Å²) in [6.07, 6.45) is 5.29. The Morgan fingerprint density at radius 3 is 2.63 bits per heavy atom. The lowest BCUT2D eigenvalue weighted by Gasteiger charge is -2.19. The van der Waals surface area contributed by atoms with E-state index in [4.69, 9.17) is 0 Å². The number of hydrogen-bond acceptors (Lipinski definition) is 4. The normalized spacial score (nSPS) is 30.9. The standard InChI is InChI=1S/C21H25N3O3/c25-17(23-10-12-3-6-16-13(8-12)2-1-7-22-16)11-24-20(26)18-14-4-5-15(9-14)19(18)21(24)27/h3,6,8,14-15,18-19,22H,1-2,4-5,7,9-11H2,(H,23,25)/t14-,15+,18-,19+. The van der Waals surface area contributed by atoms with Crippen molar-refractivity contribution in [2.75, 3.05) is 18.4 Å². The van der Waals surface area contributed by atoms with E-state index in [2.05, 4.69) is 22.8 Å². The Balaban J connectivity index is 1.20. The SMILES string of the molecule is O=C(CN1C(=O)[C@@H]2[C@@H]3CC[C@@H](C3)[C@@H]2C1=O)NCc1ccc2c(c1)CCCN2. The van der Waals surface area contributed by atoms with Gasteiger partial charge in [-0.15, -0.1) is 0 Å². The fourth-order valence-electron chi connectivity index (χ4n) is 5.66. The first-order valence-corrected chi connectivity index (χ1v) is 10.1. The molecule has 6 heteroatoms. The molecule has 0 aromatic heterocycles. The summed E-state index contributed by atoms with van der Waals surface area (Å²) in [6.45, 7) is 1.28. The molecule has 142 valence electrons. The molecule has 27 heavy (non-hydrogen) atoms. The minimum atomic E-state index is -0.264. The van der Waals surface area contributed by atoms with Gasteiger partial charge in [0.25, 0.3) is 0 Å². The fourth-order valence-corrected chi connectivity index (χ4v) is 5.66. The lowest BCUT2D eigenvalue weighted by Crippen LogP contribution is -2.41. The number of aryl methyl sites for hydroxylation is 1. The van der Waals surface area contributed by atoms with Gasteiger partial charge in [0.05, 0.1) is 11.8 Å². The van der Waals surface area contributed by atoms with Crippen molar-refractivity contribution in [1.82, 2.24) is 10.2 Å². The molecule has 4 atom stereocenters. The Kier molecular flexibility index (Phi) is 3.95. The molecular weight excluding hydrogens is 342 g/mol. The van der Waals surface area contributed by atoms with Gasteiger partial charge in [-0.2, -0.15) is 0 Å². The zero-order chi connectivity index (χ0) is 18.5. The number of anilines is 1. The number of benzene rings is 1. The van der Waals surface area contributed by atoms with Gasteiger partial charge >= 0.3 is 0 Å². The van der Waals surface area contributed by atoms with Crippen molar-refractivity contribution >= 4 is 23.4 Å². The van der Waals surface area contributed by atoms with Crippen molar-refractivity contribution in [2.24, 2.45) is 23.7 Å². The van der Waals surface area contributed by atoms with Gasteiger partial charge in [0.1, 0.15) is 6.54 Å². The van der Waals surface area contributed by atoms with Crippen molar-refractivity contribution in [3.8, 4) is 0 Å². The Hall–Kier alpha value is -2.37. The minimum Gasteiger partial charge on any atom is -0.385 e. The molecule has 6 nitrogen and oxygen atoms in total. The highest BCUT2D eigenvalue weighted by molar-refractivity contribution is 6.08. The minimum absolute atomic E-state index is 0.118. The van der Waals surface area contributed by atoms with Crippen LogP contribution in [0.25, 0.3) is 0 Å². The number of carbonyl (C=O) groups excluding carboxylic acids is 3. The molecule has 0 unspecified atom stereocenters. The number of nitrogens with zero attached hydrogens (tertiary/aromatic N) is 1. The Bertz CT molecular complexity index is 793. The summed E-state index contributed by atoms with van der Waals surface area (Å²) < 4.78 is 0. The molecule has 3 fully saturated rings. The molecule has 2 aliphatic heterocycles. The van der Waals surface area contributed by atoms with Gasteiger partial charge in [-0.05, 0) is 61.1 Å². The van der Waals surface area contributed by atoms with Crippen LogP contribution in [-0.4, -0.2) is 35.7 Å². The van der Waals surface area contributed by atoms with Crippen LogP contribution in [-0.2, 0) is 27.3 Å². The quantitative estimate of drug-likeness (QED) is 0.794. The van der Waals surface area contributed by atoms with Crippen LogP contribution >= 0.6 is 0 Å². The van der Waals surface area contributed by atoms with E-state index in [0.717, 1.165) is 44.2 Å². The monoisotopic (exact) mass is 367 g/mol. The molecule has 2 heterocycles. The van der Waals surface area contributed by atoms with Gasteiger partial charge in [-0.25, -0.2) is 0 Å². The summed E-state index contributed by atoms with van der Waals surface area (Å²) >= 11 is 0. The lowest BCUT2D eigenvalue weighted by molar-refractivity contribution is -0.144. The zero-order valence-corrected chi connectivity index (χ0v) is 15.4. The summed E-state index contributed by atoms with van der Waals surface area (Å²) in [6, 6.07) is 6.18. The molecule has 1 aromatic carbocycles. The highest BCUT2D eigenvalue weighted by Crippen LogP contribution is 2.56. The van der Waals surface area contributed by atoms with Crippen molar-refractivity contribution < 1.29 is 14.4 Å². The second kappa shape index (κ2) is 6.36. The molecule has 2 aliphatic carbocycles. The van der Waals surface area contributed by atoms with E-state index in [9.17, 15) is 14.4 Å². The van der Waals surface area contributed by atoms with Crippen molar-refractivity contribution in [3.05, 3.63) is 29.3 Å². The van der Waals surface area contributed by atoms with E-state index in [1.165, 1.54) is 16.2 Å². The van der Waals surface area contributed by atoms with E-state index in [-0.39, 0.29) is 36.1 Å². The summed E-state index contributed by atoms with van der Waals surface area (Å²) in [5, 5.41) is 6.25. The molecule has 0 radical (unpaired) electrons. The third-order valence-corrected chi connectivity index (χ3v) is 6.92. The molecule has 1 aromatic rings.